The highest BCUT2D eigenvalue weighted by Gasteiger charge is 2.24. The molecule has 1 atom stereocenters. The van der Waals surface area contributed by atoms with Crippen molar-refractivity contribution in [2.75, 3.05) is 19.6 Å². The van der Waals surface area contributed by atoms with Crippen molar-refractivity contribution >= 4 is 11.6 Å². The van der Waals surface area contributed by atoms with Gasteiger partial charge < -0.3 is 10.2 Å². The molecule has 0 saturated carbocycles. The minimum atomic E-state index is -0.281. The third kappa shape index (κ3) is 2.20. The largest absolute Gasteiger partial charge is 0.350 e. The summed E-state index contributed by atoms with van der Waals surface area (Å²) in [5.41, 5.74) is 0.274. The lowest BCUT2D eigenvalue weighted by molar-refractivity contribution is -0.134. The van der Waals surface area contributed by atoms with Crippen LogP contribution in [0.15, 0.2) is 29.2 Å². The first kappa shape index (κ1) is 12.9. The number of carbonyl (C=O) groups excluding carboxylic acids is 1. The maximum absolute atomic E-state index is 12.3. The van der Waals surface area contributed by atoms with E-state index in [-0.39, 0.29) is 24.2 Å². The molecule has 0 radical (unpaired) electrons. The molecule has 0 bridgehead atoms. The van der Waals surface area contributed by atoms with Crippen molar-refractivity contribution in [1.82, 2.24) is 24.4 Å². The van der Waals surface area contributed by atoms with E-state index in [1.54, 1.807) is 23.2 Å². The van der Waals surface area contributed by atoms with Gasteiger partial charge in [-0.05, 0) is 19.1 Å². The molecule has 0 unspecified atom stereocenters. The standard InChI is InChI=1S/C13H17N5O2/c1-10-8-14-5-7-16(10)12(19)9-18-13(20)17-6-3-2-4-11(17)15-18/h2-4,6,10,14H,5,7-9H2,1H3/t10-/m0/s1. The number of nitrogens with zero attached hydrogens (tertiary/aromatic N) is 4. The highest BCUT2D eigenvalue weighted by molar-refractivity contribution is 5.76. The smallest absolute Gasteiger partial charge is 0.336 e. The summed E-state index contributed by atoms with van der Waals surface area (Å²) in [6, 6.07) is 5.46. The quantitative estimate of drug-likeness (QED) is 0.788. The summed E-state index contributed by atoms with van der Waals surface area (Å²) >= 11 is 0. The Morgan fingerprint density at radius 2 is 2.35 bits per heavy atom. The van der Waals surface area contributed by atoms with Crippen molar-refractivity contribution in [2.24, 2.45) is 0 Å². The fraction of sp³-hybridized carbons (Fsp3) is 0.462. The first-order chi connectivity index (χ1) is 9.66. The van der Waals surface area contributed by atoms with E-state index in [0.29, 0.717) is 12.2 Å². The number of rotatable bonds is 2. The maximum Gasteiger partial charge on any atom is 0.350 e. The topological polar surface area (TPSA) is 71.6 Å². The molecular formula is C13H17N5O2. The van der Waals surface area contributed by atoms with Crippen molar-refractivity contribution in [3.8, 4) is 0 Å². The lowest BCUT2D eigenvalue weighted by atomic mass is 10.2. The van der Waals surface area contributed by atoms with Gasteiger partial charge in [-0.15, -0.1) is 5.10 Å². The zero-order chi connectivity index (χ0) is 14.1. The molecule has 2 aromatic heterocycles. The van der Waals surface area contributed by atoms with Gasteiger partial charge in [-0.2, -0.15) is 0 Å². The van der Waals surface area contributed by atoms with Gasteiger partial charge in [-0.3, -0.25) is 9.20 Å². The second-order valence-corrected chi connectivity index (χ2v) is 5.01. The van der Waals surface area contributed by atoms with E-state index < -0.39 is 0 Å². The third-order valence-electron chi connectivity index (χ3n) is 3.60. The van der Waals surface area contributed by atoms with Crippen LogP contribution in [-0.4, -0.2) is 50.7 Å². The summed E-state index contributed by atoms with van der Waals surface area (Å²) in [7, 11) is 0. The van der Waals surface area contributed by atoms with Crippen LogP contribution in [0.2, 0.25) is 0 Å². The van der Waals surface area contributed by atoms with Crippen LogP contribution < -0.4 is 11.0 Å². The van der Waals surface area contributed by atoms with Crippen LogP contribution in [0.5, 0.6) is 0 Å². The molecule has 3 rings (SSSR count). The van der Waals surface area contributed by atoms with Gasteiger partial charge in [0.1, 0.15) is 6.54 Å². The lowest BCUT2D eigenvalue weighted by Gasteiger charge is -2.33. The number of amides is 1. The van der Waals surface area contributed by atoms with E-state index >= 15 is 0 Å². The molecule has 106 valence electrons. The molecule has 7 nitrogen and oxygen atoms in total. The van der Waals surface area contributed by atoms with Crippen LogP contribution in [0.4, 0.5) is 0 Å². The average Bonchev–Trinajstić information content (AvgIpc) is 2.76. The molecule has 0 aromatic carbocycles. The van der Waals surface area contributed by atoms with E-state index in [0.717, 1.165) is 13.1 Å². The predicted octanol–water partition coefficient (Wildman–Crippen LogP) is -0.684. The molecule has 1 aliphatic heterocycles. The molecule has 0 aliphatic carbocycles. The molecule has 0 spiro atoms. The number of hydrogen-bond acceptors (Lipinski definition) is 4. The van der Waals surface area contributed by atoms with Gasteiger partial charge in [0.15, 0.2) is 5.65 Å². The summed E-state index contributed by atoms with van der Waals surface area (Å²) in [6.45, 7) is 4.23. The maximum atomic E-state index is 12.3. The van der Waals surface area contributed by atoms with Crippen molar-refractivity contribution < 1.29 is 4.79 Å². The van der Waals surface area contributed by atoms with Gasteiger partial charge in [-0.25, -0.2) is 9.48 Å². The van der Waals surface area contributed by atoms with Crippen molar-refractivity contribution in [1.29, 1.82) is 0 Å². The fourth-order valence-corrected chi connectivity index (χ4v) is 2.50. The second-order valence-electron chi connectivity index (χ2n) is 5.01. The Morgan fingerprint density at radius 3 is 3.10 bits per heavy atom. The Bertz CT molecular complexity index is 689. The first-order valence-electron chi connectivity index (χ1n) is 6.71. The lowest BCUT2D eigenvalue weighted by Crippen LogP contribution is -2.53. The zero-order valence-electron chi connectivity index (χ0n) is 11.3. The molecule has 1 aliphatic rings. The van der Waals surface area contributed by atoms with Gasteiger partial charge in [0.25, 0.3) is 0 Å². The molecule has 2 aromatic rings. The van der Waals surface area contributed by atoms with Crippen LogP contribution in [0, 0.1) is 0 Å². The molecule has 1 N–H and O–H groups in total. The first-order valence-corrected chi connectivity index (χ1v) is 6.71. The number of fused-ring (bicyclic) bond motifs is 1. The van der Waals surface area contributed by atoms with Crippen molar-refractivity contribution in [3.63, 3.8) is 0 Å². The second kappa shape index (κ2) is 5.09. The summed E-state index contributed by atoms with van der Waals surface area (Å²) in [5.74, 6) is -0.0653. The van der Waals surface area contributed by atoms with Gasteiger partial charge in [-0.1, -0.05) is 6.07 Å². The van der Waals surface area contributed by atoms with E-state index in [9.17, 15) is 9.59 Å². The number of hydrogen-bond donors (Lipinski definition) is 1. The molecular weight excluding hydrogens is 258 g/mol. The predicted molar refractivity (Wildman–Crippen MR) is 73.5 cm³/mol. The molecule has 20 heavy (non-hydrogen) atoms. The van der Waals surface area contributed by atoms with E-state index in [4.69, 9.17) is 0 Å². The van der Waals surface area contributed by atoms with Crippen LogP contribution in [0.25, 0.3) is 5.65 Å². The van der Waals surface area contributed by atoms with Gasteiger partial charge in [0.2, 0.25) is 5.91 Å². The van der Waals surface area contributed by atoms with Gasteiger partial charge in [0, 0.05) is 31.9 Å². The Kier molecular flexibility index (Phi) is 3.27. The number of carbonyl (C=O) groups is 1. The Hall–Kier alpha value is -2.15. The van der Waals surface area contributed by atoms with Crippen molar-refractivity contribution in [3.05, 3.63) is 34.9 Å². The highest BCUT2D eigenvalue weighted by atomic mass is 16.2. The van der Waals surface area contributed by atoms with E-state index in [1.165, 1.54) is 9.08 Å². The number of aromatic nitrogens is 3. The molecule has 7 heteroatoms. The summed E-state index contributed by atoms with van der Waals surface area (Å²) < 4.78 is 2.67. The van der Waals surface area contributed by atoms with Crippen LogP contribution in [0.3, 0.4) is 0 Å². The third-order valence-corrected chi connectivity index (χ3v) is 3.60. The molecule has 1 fully saturated rings. The summed E-state index contributed by atoms with van der Waals surface area (Å²) in [6.07, 6.45) is 1.65. The Balaban J connectivity index is 1.84. The fourth-order valence-electron chi connectivity index (χ4n) is 2.50. The van der Waals surface area contributed by atoms with Crippen LogP contribution in [0.1, 0.15) is 6.92 Å². The number of pyridine rings is 1. The highest BCUT2D eigenvalue weighted by Crippen LogP contribution is 2.04. The molecule has 3 heterocycles. The van der Waals surface area contributed by atoms with Gasteiger partial charge in [0.05, 0.1) is 0 Å². The summed E-state index contributed by atoms with van der Waals surface area (Å²) in [4.78, 5) is 26.2. The zero-order valence-corrected chi connectivity index (χ0v) is 11.3. The average molecular weight is 275 g/mol. The minimum Gasteiger partial charge on any atom is -0.336 e. The van der Waals surface area contributed by atoms with Gasteiger partial charge >= 0.3 is 5.69 Å². The monoisotopic (exact) mass is 275 g/mol. The normalized spacial score (nSPS) is 19.4. The SMILES string of the molecule is C[C@H]1CNCCN1C(=O)Cn1nc2ccccn2c1=O. The van der Waals surface area contributed by atoms with Crippen LogP contribution >= 0.6 is 0 Å². The molecule has 1 amide bonds. The van der Waals surface area contributed by atoms with E-state index in [1.807, 2.05) is 13.0 Å². The number of piperazine rings is 1. The van der Waals surface area contributed by atoms with Crippen LogP contribution in [-0.2, 0) is 11.3 Å². The Labute approximate surface area is 115 Å². The molecule has 1 saturated heterocycles. The van der Waals surface area contributed by atoms with E-state index in [2.05, 4.69) is 10.4 Å². The summed E-state index contributed by atoms with van der Waals surface area (Å²) in [5, 5.41) is 7.41. The van der Waals surface area contributed by atoms with Crippen molar-refractivity contribution in [2.45, 2.75) is 19.5 Å². The number of nitrogens with one attached hydrogen (secondary N) is 1. The minimum absolute atomic E-state index is 0.00907. The Morgan fingerprint density at radius 1 is 1.50 bits per heavy atom.